The van der Waals surface area contributed by atoms with Crippen molar-refractivity contribution in [3.05, 3.63) is 76.3 Å². The van der Waals surface area contributed by atoms with E-state index < -0.39 is 11.6 Å². The summed E-state index contributed by atoms with van der Waals surface area (Å²) >= 11 is 7.69. The predicted molar refractivity (Wildman–Crippen MR) is 152 cm³/mol. The first-order valence-corrected chi connectivity index (χ1v) is 13.1. The number of aromatic nitrogens is 3. The van der Waals surface area contributed by atoms with Crippen LogP contribution in [0.5, 0.6) is 0 Å². The summed E-state index contributed by atoms with van der Waals surface area (Å²) in [5, 5.41) is 19.6. The molecule has 192 valence electrons. The molecule has 3 heterocycles. The van der Waals surface area contributed by atoms with Gasteiger partial charge >= 0.3 is 5.97 Å². The van der Waals surface area contributed by atoms with Gasteiger partial charge in [-0.05, 0) is 88.6 Å². The molecule has 0 spiro atoms. The molecule has 3 aromatic heterocycles. The van der Waals surface area contributed by atoms with Crippen LogP contribution in [0, 0.1) is 20.8 Å². The zero-order chi connectivity index (χ0) is 27.1. The number of benzene rings is 2. The predicted octanol–water partition coefficient (Wildman–Crippen LogP) is 7.26. The Morgan fingerprint density at radius 2 is 1.68 bits per heavy atom. The van der Waals surface area contributed by atoms with E-state index in [9.17, 15) is 9.90 Å². The van der Waals surface area contributed by atoms with E-state index in [4.69, 9.17) is 21.7 Å². The van der Waals surface area contributed by atoms with E-state index in [-0.39, 0.29) is 6.42 Å². The van der Waals surface area contributed by atoms with E-state index in [1.54, 1.807) is 32.1 Å². The first kappa shape index (κ1) is 26.8. The van der Waals surface area contributed by atoms with Gasteiger partial charge in [0.25, 0.3) is 0 Å². The van der Waals surface area contributed by atoms with E-state index in [1.807, 2.05) is 63.4 Å². The number of thiazole rings is 1. The van der Waals surface area contributed by atoms with Crippen LogP contribution in [0.3, 0.4) is 0 Å². The number of aryl methyl sites for hydroxylation is 3. The van der Waals surface area contributed by atoms with Gasteiger partial charge in [-0.15, -0.1) is 11.3 Å². The van der Waals surface area contributed by atoms with E-state index in [1.165, 1.54) is 0 Å². The fourth-order valence-electron chi connectivity index (χ4n) is 4.21. The van der Waals surface area contributed by atoms with Crippen LogP contribution in [0.25, 0.3) is 37.4 Å². The van der Waals surface area contributed by atoms with Crippen LogP contribution >= 0.6 is 22.9 Å². The summed E-state index contributed by atoms with van der Waals surface area (Å²) in [6.45, 7) is 11.2. The van der Waals surface area contributed by atoms with Gasteiger partial charge in [0.05, 0.1) is 33.4 Å². The molecule has 0 atom stereocenters. The van der Waals surface area contributed by atoms with Crippen molar-refractivity contribution in [1.82, 2.24) is 14.4 Å². The second kappa shape index (κ2) is 10.2. The summed E-state index contributed by atoms with van der Waals surface area (Å²) in [5.74, 6) is 0.0942. The molecule has 2 aromatic carbocycles. The van der Waals surface area contributed by atoms with Crippen molar-refractivity contribution in [2.75, 3.05) is 0 Å². The number of nitrogens with zero attached hydrogens (tertiary/aromatic N) is 3. The van der Waals surface area contributed by atoms with Gasteiger partial charge in [0.1, 0.15) is 10.8 Å². The minimum absolute atomic E-state index is 0.0484. The first-order valence-electron chi connectivity index (χ1n) is 11.9. The highest BCUT2D eigenvalue weighted by atomic mass is 35.5. The lowest BCUT2D eigenvalue weighted by Crippen LogP contribution is -2.10. The molecule has 0 aliphatic carbocycles. The Bertz CT molecular complexity index is 1610. The molecule has 5 rings (SSSR count). The molecule has 0 bridgehead atoms. The molecule has 0 radical (unpaired) electrons. The highest BCUT2D eigenvalue weighted by Gasteiger charge is 2.20. The smallest absolute Gasteiger partial charge is 0.307 e. The molecule has 6 nitrogen and oxygen atoms in total. The van der Waals surface area contributed by atoms with Gasteiger partial charge in [-0.25, -0.2) is 9.97 Å². The molecule has 0 aliphatic heterocycles. The lowest BCUT2D eigenvalue weighted by atomic mass is 9.93. The second-order valence-corrected chi connectivity index (χ2v) is 11.5. The Kier molecular flexibility index (Phi) is 7.42. The number of carbonyl (C=O) groups is 1. The highest BCUT2D eigenvalue weighted by molar-refractivity contribution is 7.22. The molecule has 0 amide bonds. The third kappa shape index (κ3) is 6.01. The van der Waals surface area contributed by atoms with Gasteiger partial charge in [0.15, 0.2) is 0 Å². The average Bonchev–Trinajstić information content (AvgIpc) is 3.34. The number of hydrogen-bond acceptors (Lipinski definition) is 5. The summed E-state index contributed by atoms with van der Waals surface area (Å²) in [7, 11) is 0. The van der Waals surface area contributed by atoms with Crippen molar-refractivity contribution in [3.63, 3.8) is 0 Å². The fraction of sp³-hybridized carbons (Fsp3) is 0.276. The number of aliphatic carboxylic acids is 1. The Hall–Kier alpha value is -3.26. The Balaban J connectivity index is 0.000000586. The van der Waals surface area contributed by atoms with E-state index in [2.05, 4.69) is 15.5 Å². The van der Waals surface area contributed by atoms with Crippen LogP contribution < -0.4 is 0 Å². The number of carboxylic acids is 1. The Morgan fingerprint density at radius 1 is 1.03 bits per heavy atom. The molecule has 5 aromatic rings. The molecule has 0 fully saturated rings. The van der Waals surface area contributed by atoms with Crippen molar-refractivity contribution >= 4 is 44.6 Å². The van der Waals surface area contributed by atoms with Gasteiger partial charge in [0, 0.05) is 22.3 Å². The Morgan fingerprint density at radius 3 is 2.30 bits per heavy atom. The average molecular weight is 536 g/mol. The van der Waals surface area contributed by atoms with Gasteiger partial charge in [-0.2, -0.15) is 0 Å². The maximum atomic E-state index is 11.6. The number of aliphatic hydroxyl groups is 1. The van der Waals surface area contributed by atoms with Crippen LogP contribution in [0.15, 0.2) is 48.7 Å². The number of imidazole rings is 1. The first-order chi connectivity index (χ1) is 17.3. The molecule has 8 heteroatoms. The molecule has 2 N–H and O–H groups in total. The molecule has 0 saturated carbocycles. The van der Waals surface area contributed by atoms with Crippen LogP contribution in [0.1, 0.15) is 43.4 Å². The zero-order valence-electron chi connectivity index (χ0n) is 21.8. The number of halogens is 1. The third-order valence-corrected chi connectivity index (χ3v) is 7.11. The number of hydrogen-bond donors (Lipinski definition) is 2. The maximum absolute atomic E-state index is 11.6. The van der Waals surface area contributed by atoms with Gasteiger partial charge in [-0.1, -0.05) is 23.7 Å². The van der Waals surface area contributed by atoms with Crippen LogP contribution in [0.2, 0.25) is 5.02 Å². The van der Waals surface area contributed by atoms with Crippen molar-refractivity contribution in [1.29, 1.82) is 0 Å². The van der Waals surface area contributed by atoms with Gasteiger partial charge < -0.3 is 14.6 Å². The summed E-state index contributed by atoms with van der Waals surface area (Å²) < 4.78 is 3.05. The van der Waals surface area contributed by atoms with E-state index in [0.29, 0.717) is 5.02 Å². The normalized spacial score (nSPS) is 11.6. The third-order valence-electron chi connectivity index (χ3n) is 5.72. The molecule has 0 unspecified atom stereocenters. The summed E-state index contributed by atoms with van der Waals surface area (Å²) in [6, 6.07) is 13.7. The Labute approximate surface area is 225 Å². The van der Waals surface area contributed by atoms with E-state index >= 15 is 0 Å². The number of rotatable bonds is 4. The van der Waals surface area contributed by atoms with Crippen LogP contribution in [-0.4, -0.2) is 36.2 Å². The minimum Gasteiger partial charge on any atom is -0.481 e. The van der Waals surface area contributed by atoms with Crippen LogP contribution in [-0.2, 0) is 11.2 Å². The molecule has 37 heavy (non-hydrogen) atoms. The summed E-state index contributed by atoms with van der Waals surface area (Å²) in [5.41, 5.74) is 6.99. The van der Waals surface area contributed by atoms with Gasteiger partial charge in [-0.3, -0.25) is 4.79 Å². The number of pyridine rings is 1. The monoisotopic (exact) mass is 535 g/mol. The quantitative estimate of drug-likeness (QED) is 0.253. The highest BCUT2D eigenvalue weighted by Crippen LogP contribution is 2.41. The number of carboxylic acid groups (broad SMARTS) is 1. The second-order valence-electron chi connectivity index (χ2n) is 10.1. The van der Waals surface area contributed by atoms with Gasteiger partial charge in [0.2, 0.25) is 0 Å². The fourth-order valence-corrected chi connectivity index (χ4v) is 5.47. The van der Waals surface area contributed by atoms with Crippen LogP contribution in [0.4, 0.5) is 0 Å². The van der Waals surface area contributed by atoms with Crippen molar-refractivity contribution in [2.24, 2.45) is 0 Å². The summed E-state index contributed by atoms with van der Waals surface area (Å²) in [4.78, 5) is 21.1. The van der Waals surface area contributed by atoms with Crippen molar-refractivity contribution in [3.8, 4) is 21.7 Å². The number of fused-ring (bicyclic) bond motifs is 2. The molecular formula is C29H30ClN3O3S. The minimum atomic E-state index is -0.857. The van der Waals surface area contributed by atoms with E-state index in [0.717, 1.165) is 60.1 Å². The molecular weight excluding hydrogens is 506 g/mol. The zero-order valence-corrected chi connectivity index (χ0v) is 23.3. The SMILES string of the molecule is CC(C)(C)O.Cc1cc2nc(-c3ccn4c(C)nc(C)c4c3)sc2c(-c2ccc(Cl)cc2)c1CC(=O)O. The lowest BCUT2D eigenvalue weighted by molar-refractivity contribution is -0.136. The maximum Gasteiger partial charge on any atom is 0.307 e. The molecule has 0 saturated heterocycles. The summed E-state index contributed by atoms with van der Waals surface area (Å²) in [6.07, 6.45) is 1.97. The van der Waals surface area contributed by atoms with Crippen molar-refractivity contribution in [2.45, 2.75) is 53.6 Å². The topological polar surface area (TPSA) is 87.7 Å². The van der Waals surface area contributed by atoms with Crippen molar-refractivity contribution < 1.29 is 15.0 Å². The largest absolute Gasteiger partial charge is 0.481 e. The molecule has 0 aliphatic rings. The lowest BCUT2D eigenvalue weighted by Gasteiger charge is -2.13. The standard InChI is InChI=1S/C25H20ClN3O2S.C4H10O/c1-13-10-20-24(23(19(13)12-22(30)31)16-4-6-18(26)7-5-16)32-25(28-20)17-8-9-29-15(3)27-14(2)21(29)11-17;1-4(2,3)5/h4-11H,12H2,1-3H3,(H,30,31);5H,1-3H3.